The van der Waals surface area contributed by atoms with Crippen LogP contribution in [-0.4, -0.2) is 25.6 Å². The quantitative estimate of drug-likeness (QED) is 0.721. The number of carboxylic acids is 1. The van der Waals surface area contributed by atoms with Crippen molar-refractivity contribution in [2.75, 3.05) is 0 Å². The summed E-state index contributed by atoms with van der Waals surface area (Å²) in [4.78, 5) is 20.0. The molecule has 5 nitrogen and oxygen atoms in total. The molecule has 0 radical (unpaired) electrons. The molecule has 1 aromatic carbocycles. The van der Waals surface area contributed by atoms with Crippen LogP contribution >= 0.6 is 0 Å². The Morgan fingerprint density at radius 1 is 1.20 bits per heavy atom. The molecule has 0 saturated heterocycles. The summed E-state index contributed by atoms with van der Waals surface area (Å²) in [5, 5.41) is 8.70. The third-order valence-electron chi connectivity index (χ3n) is 4.16. The smallest absolute Gasteiger partial charge is 0.328 e. The number of benzene rings is 1. The van der Waals surface area contributed by atoms with Crippen molar-refractivity contribution < 1.29 is 9.90 Å². The van der Waals surface area contributed by atoms with E-state index in [2.05, 4.69) is 24.5 Å². The molecule has 2 heterocycles. The molecule has 0 aliphatic rings. The molecule has 1 N–H and O–H groups in total. The Morgan fingerprint density at radius 3 is 2.56 bits per heavy atom. The van der Waals surface area contributed by atoms with Gasteiger partial charge in [-0.2, -0.15) is 0 Å². The van der Waals surface area contributed by atoms with Crippen molar-refractivity contribution >= 4 is 23.2 Å². The molecular weight excluding hydrogens is 314 g/mol. The van der Waals surface area contributed by atoms with Crippen LogP contribution in [0, 0.1) is 13.8 Å². The number of rotatable bonds is 5. The van der Waals surface area contributed by atoms with Crippen molar-refractivity contribution in [1.82, 2.24) is 14.5 Å². The molecule has 0 amide bonds. The average Bonchev–Trinajstić information content (AvgIpc) is 2.92. The first-order chi connectivity index (χ1) is 12.0. The van der Waals surface area contributed by atoms with Gasteiger partial charge in [-0.1, -0.05) is 31.2 Å². The van der Waals surface area contributed by atoms with Gasteiger partial charge in [0.1, 0.15) is 11.3 Å². The summed E-state index contributed by atoms with van der Waals surface area (Å²) in [6.07, 6.45) is 3.57. The van der Waals surface area contributed by atoms with E-state index < -0.39 is 5.97 Å². The van der Waals surface area contributed by atoms with Crippen LogP contribution in [0.3, 0.4) is 0 Å². The van der Waals surface area contributed by atoms with Gasteiger partial charge < -0.3 is 9.67 Å². The zero-order valence-electron chi connectivity index (χ0n) is 14.7. The number of hydrogen-bond donors (Lipinski definition) is 1. The Kier molecular flexibility index (Phi) is 4.65. The van der Waals surface area contributed by atoms with Crippen molar-refractivity contribution in [3.8, 4) is 0 Å². The SMILES string of the molecule is CCc1nc2c(C)cc(C)nc2n1Cc1ccc(C=CC(=O)O)cc1. The second-order valence-corrected chi connectivity index (χ2v) is 6.13. The third-order valence-corrected chi connectivity index (χ3v) is 4.16. The van der Waals surface area contributed by atoms with Gasteiger partial charge in [-0.25, -0.2) is 14.8 Å². The molecule has 0 saturated carbocycles. The van der Waals surface area contributed by atoms with Crippen LogP contribution in [0.4, 0.5) is 0 Å². The highest BCUT2D eigenvalue weighted by atomic mass is 16.4. The zero-order valence-corrected chi connectivity index (χ0v) is 14.7. The maximum absolute atomic E-state index is 10.6. The van der Waals surface area contributed by atoms with Crippen molar-refractivity contribution in [3.63, 3.8) is 0 Å². The highest BCUT2D eigenvalue weighted by molar-refractivity contribution is 5.85. The number of aliphatic carboxylic acids is 1. The number of carbonyl (C=O) groups is 1. The first-order valence-electron chi connectivity index (χ1n) is 8.31. The lowest BCUT2D eigenvalue weighted by Crippen LogP contribution is -2.05. The molecule has 3 rings (SSSR count). The van der Waals surface area contributed by atoms with Crippen LogP contribution in [0.2, 0.25) is 0 Å². The van der Waals surface area contributed by atoms with E-state index in [1.807, 2.05) is 31.2 Å². The van der Waals surface area contributed by atoms with Gasteiger partial charge in [0.25, 0.3) is 0 Å². The van der Waals surface area contributed by atoms with E-state index >= 15 is 0 Å². The maximum Gasteiger partial charge on any atom is 0.328 e. The highest BCUT2D eigenvalue weighted by Gasteiger charge is 2.13. The lowest BCUT2D eigenvalue weighted by molar-refractivity contribution is -0.131. The Morgan fingerprint density at radius 2 is 1.92 bits per heavy atom. The summed E-state index contributed by atoms with van der Waals surface area (Å²) >= 11 is 0. The number of aryl methyl sites for hydroxylation is 3. The second-order valence-electron chi connectivity index (χ2n) is 6.13. The molecule has 3 aromatic rings. The van der Waals surface area contributed by atoms with Gasteiger partial charge in [0.2, 0.25) is 0 Å². The molecule has 0 spiro atoms. The molecule has 5 heteroatoms. The molecule has 0 unspecified atom stereocenters. The number of pyridine rings is 1. The minimum absolute atomic E-state index is 0.693. The Labute approximate surface area is 146 Å². The van der Waals surface area contributed by atoms with Crippen LogP contribution in [0.1, 0.15) is 35.1 Å². The molecule has 0 fully saturated rings. The van der Waals surface area contributed by atoms with E-state index in [0.717, 1.165) is 51.9 Å². The molecule has 0 bridgehead atoms. The van der Waals surface area contributed by atoms with Crippen LogP contribution in [0.25, 0.3) is 17.2 Å². The van der Waals surface area contributed by atoms with Crippen molar-refractivity contribution in [2.45, 2.75) is 33.7 Å². The lowest BCUT2D eigenvalue weighted by atomic mass is 10.1. The average molecular weight is 335 g/mol. The van der Waals surface area contributed by atoms with Crippen molar-refractivity contribution in [3.05, 3.63) is 64.6 Å². The third kappa shape index (κ3) is 3.60. The predicted octanol–water partition coefficient (Wildman–Crippen LogP) is 3.76. The molecule has 0 aliphatic carbocycles. The van der Waals surface area contributed by atoms with Crippen molar-refractivity contribution in [1.29, 1.82) is 0 Å². The van der Waals surface area contributed by atoms with Gasteiger partial charge in [0, 0.05) is 18.2 Å². The van der Waals surface area contributed by atoms with Crippen LogP contribution in [0.5, 0.6) is 0 Å². The Balaban J connectivity index is 1.96. The second kappa shape index (κ2) is 6.89. The number of fused-ring (bicyclic) bond motifs is 1. The summed E-state index contributed by atoms with van der Waals surface area (Å²) in [6.45, 7) is 6.86. The normalized spacial score (nSPS) is 11.5. The topological polar surface area (TPSA) is 68.0 Å². The van der Waals surface area contributed by atoms with Crippen LogP contribution in [-0.2, 0) is 17.8 Å². The minimum atomic E-state index is -0.946. The number of nitrogens with zero attached hydrogens (tertiary/aromatic N) is 3. The highest BCUT2D eigenvalue weighted by Crippen LogP contribution is 2.21. The summed E-state index contributed by atoms with van der Waals surface area (Å²) in [7, 11) is 0. The molecule has 25 heavy (non-hydrogen) atoms. The monoisotopic (exact) mass is 335 g/mol. The predicted molar refractivity (Wildman–Crippen MR) is 98.6 cm³/mol. The van der Waals surface area contributed by atoms with Gasteiger partial charge in [0.15, 0.2) is 5.65 Å². The number of aromatic nitrogens is 3. The lowest BCUT2D eigenvalue weighted by Gasteiger charge is -2.09. The fourth-order valence-electron chi connectivity index (χ4n) is 2.97. The summed E-state index contributed by atoms with van der Waals surface area (Å²) in [5.74, 6) is 0.0735. The van der Waals surface area contributed by atoms with E-state index in [9.17, 15) is 4.79 Å². The van der Waals surface area contributed by atoms with E-state index in [4.69, 9.17) is 15.1 Å². The van der Waals surface area contributed by atoms with Gasteiger partial charge in [-0.3, -0.25) is 0 Å². The molecular formula is C20H21N3O2. The number of hydrogen-bond acceptors (Lipinski definition) is 3. The molecule has 128 valence electrons. The van der Waals surface area contributed by atoms with Crippen molar-refractivity contribution in [2.24, 2.45) is 0 Å². The minimum Gasteiger partial charge on any atom is -0.478 e. The summed E-state index contributed by atoms with van der Waals surface area (Å²) < 4.78 is 2.16. The standard InChI is InChI=1S/C20H21N3O2/c1-4-17-22-19-13(2)11-14(3)21-20(19)23(17)12-16-7-5-15(6-8-16)9-10-18(24)25/h5-11H,4,12H2,1-3H3,(H,24,25). The molecule has 0 atom stereocenters. The maximum atomic E-state index is 10.6. The Bertz CT molecular complexity index is 953. The van der Waals surface area contributed by atoms with E-state index in [1.165, 1.54) is 0 Å². The molecule has 0 aliphatic heterocycles. The fourth-order valence-corrected chi connectivity index (χ4v) is 2.97. The number of carboxylic acid groups (broad SMARTS) is 1. The summed E-state index contributed by atoms with van der Waals surface area (Å²) in [5.41, 5.74) is 6.00. The molecule has 2 aromatic heterocycles. The fraction of sp³-hybridized carbons (Fsp3) is 0.250. The zero-order chi connectivity index (χ0) is 18.0. The van der Waals surface area contributed by atoms with Gasteiger partial charge >= 0.3 is 5.97 Å². The largest absolute Gasteiger partial charge is 0.478 e. The van der Waals surface area contributed by atoms with E-state index in [0.29, 0.717) is 6.54 Å². The first kappa shape index (κ1) is 16.9. The van der Waals surface area contributed by atoms with Crippen LogP contribution < -0.4 is 0 Å². The number of imidazole rings is 1. The van der Waals surface area contributed by atoms with Crippen LogP contribution in [0.15, 0.2) is 36.4 Å². The van der Waals surface area contributed by atoms with Gasteiger partial charge in [-0.15, -0.1) is 0 Å². The first-order valence-corrected chi connectivity index (χ1v) is 8.31. The van der Waals surface area contributed by atoms with Gasteiger partial charge in [-0.05, 0) is 42.7 Å². The van der Waals surface area contributed by atoms with E-state index in [-0.39, 0.29) is 0 Å². The summed E-state index contributed by atoms with van der Waals surface area (Å²) in [6, 6.07) is 9.92. The van der Waals surface area contributed by atoms with E-state index in [1.54, 1.807) is 6.08 Å². The van der Waals surface area contributed by atoms with Gasteiger partial charge in [0.05, 0.1) is 6.54 Å². The Hall–Kier alpha value is -2.95.